The van der Waals surface area contributed by atoms with Gasteiger partial charge >= 0.3 is 0 Å². The highest BCUT2D eigenvalue weighted by atomic mass is 16.3. The number of aliphatic hydroxyl groups is 1. The molecule has 0 aliphatic carbocycles. The van der Waals surface area contributed by atoms with E-state index in [4.69, 9.17) is 16.2 Å². The standard InChI is InChI=1S/C7H15N3O/c1-7(2,5-11)10-4-3-6(8)9/h3-4,10-11H,5H2,1-2H3,(H3,8,9)/b4-3-. The molecule has 0 unspecified atom stereocenters. The molecule has 11 heavy (non-hydrogen) atoms. The van der Waals surface area contributed by atoms with Crippen LogP contribution >= 0.6 is 0 Å². The van der Waals surface area contributed by atoms with Crippen molar-refractivity contribution in [1.82, 2.24) is 5.32 Å². The van der Waals surface area contributed by atoms with Crippen LogP contribution < -0.4 is 11.1 Å². The topological polar surface area (TPSA) is 82.1 Å². The fourth-order valence-corrected chi connectivity index (χ4v) is 0.403. The van der Waals surface area contributed by atoms with Gasteiger partial charge in [-0.3, -0.25) is 5.41 Å². The lowest BCUT2D eigenvalue weighted by Gasteiger charge is -2.21. The molecule has 0 amide bonds. The first-order valence-corrected chi connectivity index (χ1v) is 3.37. The van der Waals surface area contributed by atoms with Crippen LogP contribution in [0.5, 0.6) is 0 Å². The normalized spacial score (nSPS) is 11.9. The molecule has 0 aromatic rings. The van der Waals surface area contributed by atoms with Crippen molar-refractivity contribution in [1.29, 1.82) is 5.41 Å². The number of hydrogen-bond donors (Lipinski definition) is 4. The van der Waals surface area contributed by atoms with Crippen LogP contribution in [0.2, 0.25) is 0 Å². The first-order chi connectivity index (χ1) is 4.98. The number of nitrogens with two attached hydrogens (primary N) is 1. The minimum Gasteiger partial charge on any atom is -0.394 e. The maximum Gasteiger partial charge on any atom is 0.116 e. The summed E-state index contributed by atoms with van der Waals surface area (Å²) < 4.78 is 0. The van der Waals surface area contributed by atoms with Crippen molar-refractivity contribution in [2.75, 3.05) is 6.61 Å². The van der Waals surface area contributed by atoms with Gasteiger partial charge in [0.05, 0.1) is 12.1 Å². The highest BCUT2D eigenvalue weighted by molar-refractivity contribution is 5.88. The van der Waals surface area contributed by atoms with E-state index in [9.17, 15) is 0 Å². The van der Waals surface area contributed by atoms with Crippen LogP contribution in [0.1, 0.15) is 13.8 Å². The van der Waals surface area contributed by atoms with Crippen molar-refractivity contribution in [2.45, 2.75) is 19.4 Å². The first-order valence-electron chi connectivity index (χ1n) is 3.37. The zero-order chi connectivity index (χ0) is 8.91. The molecule has 0 atom stereocenters. The fraction of sp³-hybridized carbons (Fsp3) is 0.571. The summed E-state index contributed by atoms with van der Waals surface area (Å²) in [4.78, 5) is 0. The summed E-state index contributed by atoms with van der Waals surface area (Å²) >= 11 is 0. The Morgan fingerprint density at radius 2 is 2.27 bits per heavy atom. The molecule has 0 saturated heterocycles. The van der Waals surface area contributed by atoms with E-state index in [0.29, 0.717) is 0 Å². The predicted molar refractivity (Wildman–Crippen MR) is 45.4 cm³/mol. The Morgan fingerprint density at radius 1 is 1.73 bits per heavy atom. The monoisotopic (exact) mass is 157 g/mol. The van der Waals surface area contributed by atoms with E-state index in [0.717, 1.165) is 0 Å². The fourth-order valence-electron chi connectivity index (χ4n) is 0.403. The molecule has 4 heteroatoms. The zero-order valence-electron chi connectivity index (χ0n) is 6.89. The van der Waals surface area contributed by atoms with Gasteiger partial charge in [0, 0.05) is 6.20 Å². The number of nitrogens with one attached hydrogen (secondary N) is 2. The van der Waals surface area contributed by atoms with Gasteiger partial charge in [-0.05, 0) is 19.9 Å². The lowest BCUT2D eigenvalue weighted by atomic mass is 10.1. The van der Waals surface area contributed by atoms with Crippen LogP contribution in [0.15, 0.2) is 12.3 Å². The van der Waals surface area contributed by atoms with Crippen LogP contribution in [-0.2, 0) is 0 Å². The largest absolute Gasteiger partial charge is 0.394 e. The summed E-state index contributed by atoms with van der Waals surface area (Å²) in [7, 11) is 0. The van der Waals surface area contributed by atoms with E-state index in [1.165, 1.54) is 6.08 Å². The third-order valence-electron chi connectivity index (χ3n) is 1.13. The second-order valence-corrected chi connectivity index (χ2v) is 2.98. The van der Waals surface area contributed by atoms with Gasteiger partial charge in [-0.15, -0.1) is 0 Å². The average Bonchev–Trinajstić information content (AvgIpc) is 1.87. The molecule has 0 aliphatic rings. The van der Waals surface area contributed by atoms with Crippen molar-refractivity contribution >= 4 is 5.84 Å². The summed E-state index contributed by atoms with van der Waals surface area (Å²) in [6.45, 7) is 3.73. The van der Waals surface area contributed by atoms with E-state index in [2.05, 4.69) is 5.32 Å². The summed E-state index contributed by atoms with van der Waals surface area (Å²) in [6, 6.07) is 0. The van der Waals surface area contributed by atoms with E-state index in [-0.39, 0.29) is 18.0 Å². The molecule has 64 valence electrons. The molecule has 0 heterocycles. The summed E-state index contributed by atoms with van der Waals surface area (Å²) in [5.74, 6) is -0.00811. The molecular weight excluding hydrogens is 142 g/mol. The van der Waals surface area contributed by atoms with Crippen LogP contribution in [0, 0.1) is 5.41 Å². The molecule has 0 saturated carbocycles. The van der Waals surface area contributed by atoms with Crippen molar-refractivity contribution < 1.29 is 5.11 Å². The number of rotatable bonds is 4. The quantitative estimate of drug-likeness (QED) is 0.337. The SMILES string of the molecule is CC(C)(CO)N/C=C\C(=N)N. The maximum atomic E-state index is 8.78. The van der Waals surface area contributed by atoms with Gasteiger partial charge in [-0.25, -0.2) is 0 Å². The lowest BCUT2D eigenvalue weighted by Crippen LogP contribution is -2.39. The molecule has 0 aliphatic heterocycles. The molecule has 0 radical (unpaired) electrons. The summed E-state index contributed by atoms with van der Waals surface area (Å²) in [6.07, 6.45) is 2.98. The first kappa shape index (κ1) is 9.97. The summed E-state index contributed by atoms with van der Waals surface area (Å²) in [5, 5.41) is 18.5. The van der Waals surface area contributed by atoms with Gasteiger partial charge in [0.25, 0.3) is 0 Å². The molecular formula is C7H15N3O. The van der Waals surface area contributed by atoms with Crippen LogP contribution in [0.25, 0.3) is 0 Å². The van der Waals surface area contributed by atoms with Gasteiger partial charge in [-0.2, -0.15) is 0 Å². The van der Waals surface area contributed by atoms with Gasteiger partial charge in [0.15, 0.2) is 0 Å². The Labute approximate surface area is 66.6 Å². The van der Waals surface area contributed by atoms with Crippen molar-refractivity contribution in [3.8, 4) is 0 Å². The Morgan fingerprint density at radius 3 is 2.64 bits per heavy atom. The van der Waals surface area contributed by atoms with Gasteiger partial charge < -0.3 is 16.2 Å². The van der Waals surface area contributed by atoms with Crippen molar-refractivity contribution in [3.05, 3.63) is 12.3 Å². The summed E-state index contributed by atoms with van der Waals surface area (Å²) in [5.41, 5.74) is 4.70. The van der Waals surface area contributed by atoms with Crippen LogP contribution in [0.3, 0.4) is 0 Å². The molecule has 0 aromatic heterocycles. The van der Waals surface area contributed by atoms with Crippen molar-refractivity contribution in [3.63, 3.8) is 0 Å². The number of amidine groups is 1. The van der Waals surface area contributed by atoms with Crippen molar-refractivity contribution in [2.24, 2.45) is 5.73 Å². The molecule has 5 N–H and O–H groups in total. The molecule has 0 rings (SSSR count). The van der Waals surface area contributed by atoms with E-state index in [1.807, 2.05) is 13.8 Å². The number of aliphatic hydroxyl groups excluding tert-OH is 1. The van der Waals surface area contributed by atoms with E-state index in [1.54, 1.807) is 6.20 Å². The average molecular weight is 157 g/mol. The molecule has 0 aromatic carbocycles. The Balaban J connectivity index is 3.78. The highest BCUT2D eigenvalue weighted by Gasteiger charge is 2.11. The Kier molecular flexibility index (Phi) is 3.60. The molecule has 0 spiro atoms. The molecule has 0 fully saturated rings. The Bertz CT molecular complexity index is 163. The minimum atomic E-state index is -0.355. The van der Waals surface area contributed by atoms with Crippen LogP contribution in [0.4, 0.5) is 0 Å². The third kappa shape index (κ3) is 5.42. The van der Waals surface area contributed by atoms with Crippen LogP contribution in [-0.4, -0.2) is 23.1 Å². The molecule has 0 bridgehead atoms. The second kappa shape index (κ2) is 3.98. The van der Waals surface area contributed by atoms with Gasteiger partial charge in [-0.1, -0.05) is 0 Å². The zero-order valence-corrected chi connectivity index (χ0v) is 6.89. The minimum absolute atomic E-state index is 0.00811. The number of hydrogen-bond acceptors (Lipinski definition) is 3. The second-order valence-electron chi connectivity index (χ2n) is 2.98. The molecule has 4 nitrogen and oxygen atoms in total. The highest BCUT2D eigenvalue weighted by Crippen LogP contribution is 1.98. The predicted octanol–water partition coefficient (Wildman–Crippen LogP) is -0.203. The van der Waals surface area contributed by atoms with Gasteiger partial charge in [0.1, 0.15) is 5.84 Å². The third-order valence-corrected chi connectivity index (χ3v) is 1.13. The Hall–Kier alpha value is -1.03. The van der Waals surface area contributed by atoms with Gasteiger partial charge in [0.2, 0.25) is 0 Å². The lowest BCUT2D eigenvalue weighted by molar-refractivity contribution is 0.202. The van der Waals surface area contributed by atoms with E-state index >= 15 is 0 Å². The smallest absolute Gasteiger partial charge is 0.116 e. The van der Waals surface area contributed by atoms with E-state index < -0.39 is 0 Å². The maximum absolute atomic E-state index is 8.78.